The smallest absolute Gasteiger partial charge is 0.271 e. The van der Waals surface area contributed by atoms with Crippen molar-refractivity contribution in [2.24, 2.45) is 5.10 Å². The number of benzene rings is 2. The molecule has 0 unspecified atom stereocenters. The zero-order valence-electron chi connectivity index (χ0n) is 11.8. The summed E-state index contributed by atoms with van der Waals surface area (Å²) in [6.07, 6.45) is 1.50. The lowest BCUT2D eigenvalue weighted by Crippen LogP contribution is -2.17. The predicted molar refractivity (Wildman–Crippen MR) is 83.8 cm³/mol. The van der Waals surface area contributed by atoms with Gasteiger partial charge in [0.2, 0.25) is 6.79 Å². The summed E-state index contributed by atoms with van der Waals surface area (Å²) in [7, 11) is 0. The molecule has 5 nitrogen and oxygen atoms in total. The van der Waals surface area contributed by atoms with E-state index in [2.05, 4.69) is 10.5 Å². The van der Waals surface area contributed by atoms with Crippen LogP contribution in [0.15, 0.2) is 41.5 Å². The summed E-state index contributed by atoms with van der Waals surface area (Å²) in [5.41, 5.74) is 4.82. The Balaban J connectivity index is 1.68. The maximum Gasteiger partial charge on any atom is 0.271 e. The van der Waals surface area contributed by atoms with Gasteiger partial charge in [-0.1, -0.05) is 29.3 Å². The molecule has 1 heterocycles. The summed E-state index contributed by atoms with van der Waals surface area (Å²) >= 11 is 6.07. The van der Waals surface area contributed by atoms with Crippen LogP contribution in [0.5, 0.6) is 11.5 Å². The zero-order chi connectivity index (χ0) is 15.5. The molecule has 112 valence electrons. The van der Waals surface area contributed by atoms with Crippen molar-refractivity contribution in [3.05, 3.63) is 58.1 Å². The molecular weight excluding hydrogens is 304 g/mol. The highest BCUT2D eigenvalue weighted by Crippen LogP contribution is 2.39. The number of hydrazone groups is 1. The van der Waals surface area contributed by atoms with Crippen LogP contribution < -0.4 is 14.9 Å². The first kappa shape index (κ1) is 14.4. The van der Waals surface area contributed by atoms with Gasteiger partial charge in [-0.25, -0.2) is 5.43 Å². The summed E-state index contributed by atoms with van der Waals surface area (Å²) in [6, 6.07) is 10.7. The second-order valence-corrected chi connectivity index (χ2v) is 5.21. The molecule has 1 amide bonds. The number of carbonyl (C=O) groups excluding carboxylic acids is 1. The van der Waals surface area contributed by atoms with Gasteiger partial charge in [-0.3, -0.25) is 4.79 Å². The van der Waals surface area contributed by atoms with Crippen LogP contribution in [0.4, 0.5) is 0 Å². The fraction of sp³-hybridized carbons (Fsp3) is 0.125. The highest BCUT2D eigenvalue weighted by atomic mass is 35.5. The average Bonchev–Trinajstić information content (AvgIpc) is 2.97. The maximum atomic E-state index is 11.9. The van der Waals surface area contributed by atoms with Crippen LogP contribution in [0, 0.1) is 6.92 Å². The summed E-state index contributed by atoms with van der Waals surface area (Å²) in [5.74, 6) is 0.824. The lowest BCUT2D eigenvalue weighted by Gasteiger charge is -2.02. The second-order valence-electron chi connectivity index (χ2n) is 4.80. The Morgan fingerprint density at radius 3 is 2.82 bits per heavy atom. The number of hydrogen-bond acceptors (Lipinski definition) is 4. The van der Waals surface area contributed by atoms with Crippen molar-refractivity contribution in [2.75, 3.05) is 6.79 Å². The lowest BCUT2D eigenvalue weighted by atomic mass is 10.1. The van der Waals surface area contributed by atoms with Crippen molar-refractivity contribution in [3.63, 3.8) is 0 Å². The number of hydrogen-bond donors (Lipinski definition) is 1. The van der Waals surface area contributed by atoms with Gasteiger partial charge in [-0.2, -0.15) is 5.10 Å². The Hall–Kier alpha value is -2.53. The number of fused-ring (bicyclic) bond motifs is 1. The molecule has 0 aliphatic carbocycles. The summed E-state index contributed by atoms with van der Waals surface area (Å²) in [6.45, 7) is 2.11. The van der Waals surface area contributed by atoms with Crippen molar-refractivity contribution >= 4 is 23.7 Å². The number of aryl methyl sites for hydroxylation is 1. The van der Waals surface area contributed by atoms with Crippen LogP contribution in [0.1, 0.15) is 21.5 Å². The minimum Gasteiger partial charge on any atom is -0.454 e. The quantitative estimate of drug-likeness (QED) is 0.699. The van der Waals surface area contributed by atoms with Crippen LogP contribution in [-0.4, -0.2) is 18.9 Å². The van der Waals surface area contributed by atoms with E-state index in [0.29, 0.717) is 27.6 Å². The number of amides is 1. The number of carbonyl (C=O) groups is 1. The van der Waals surface area contributed by atoms with Crippen LogP contribution in [0.3, 0.4) is 0 Å². The van der Waals surface area contributed by atoms with Crippen molar-refractivity contribution in [1.29, 1.82) is 0 Å². The summed E-state index contributed by atoms with van der Waals surface area (Å²) in [4.78, 5) is 11.9. The topological polar surface area (TPSA) is 59.9 Å². The van der Waals surface area contributed by atoms with Gasteiger partial charge in [0.15, 0.2) is 11.5 Å². The normalized spacial score (nSPS) is 12.6. The molecule has 1 aliphatic rings. The van der Waals surface area contributed by atoms with E-state index in [-0.39, 0.29) is 12.7 Å². The number of nitrogens with zero attached hydrogens (tertiary/aromatic N) is 1. The number of ether oxygens (including phenoxy) is 2. The van der Waals surface area contributed by atoms with Gasteiger partial charge in [0, 0.05) is 5.56 Å². The van der Waals surface area contributed by atoms with E-state index in [1.165, 1.54) is 6.21 Å². The zero-order valence-corrected chi connectivity index (χ0v) is 12.6. The highest BCUT2D eigenvalue weighted by molar-refractivity contribution is 6.32. The molecule has 0 aromatic heterocycles. The Kier molecular flexibility index (Phi) is 3.98. The third-order valence-electron chi connectivity index (χ3n) is 3.14. The van der Waals surface area contributed by atoms with E-state index < -0.39 is 0 Å². The van der Waals surface area contributed by atoms with Crippen molar-refractivity contribution < 1.29 is 14.3 Å². The molecule has 22 heavy (non-hydrogen) atoms. The number of nitrogens with one attached hydrogen (secondary N) is 1. The van der Waals surface area contributed by atoms with Gasteiger partial charge < -0.3 is 9.47 Å². The molecule has 0 spiro atoms. The van der Waals surface area contributed by atoms with Gasteiger partial charge in [0.25, 0.3) is 5.91 Å². The third-order valence-corrected chi connectivity index (χ3v) is 3.42. The monoisotopic (exact) mass is 316 g/mol. The predicted octanol–water partition coefficient (Wildman–Crippen LogP) is 3.14. The van der Waals surface area contributed by atoms with Crippen LogP contribution in [-0.2, 0) is 0 Å². The standard InChI is InChI=1S/C16H13ClN2O3/c1-10-2-4-12(5-3-10)16(20)19-18-8-11-6-13(17)15-14(7-11)21-9-22-15/h2-8H,9H2,1H3,(H,19,20)/b18-8-. The van der Waals surface area contributed by atoms with E-state index >= 15 is 0 Å². The van der Waals surface area contributed by atoms with Gasteiger partial charge in [-0.15, -0.1) is 0 Å². The van der Waals surface area contributed by atoms with Crippen molar-refractivity contribution in [2.45, 2.75) is 6.92 Å². The molecule has 1 aliphatic heterocycles. The Labute approximate surface area is 132 Å². The van der Waals surface area contributed by atoms with Gasteiger partial charge in [0.1, 0.15) is 0 Å². The average molecular weight is 317 g/mol. The van der Waals surface area contributed by atoms with Crippen molar-refractivity contribution in [3.8, 4) is 11.5 Å². The molecule has 0 radical (unpaired) electrons. The van der Waals surface area contributed by atoms with Gasteiger partial charge in [0.05, 0.1) is 11.2 Å². The first-order valence-electron chi connectivity index (χ1n) is 6.63. The Morgan fingerprint density at radius 1 is 1.27 bits per heavy atom. The molecule has 3 rings (SSSR count). The number of halogens is 1. The van der Waals surface area contributed by atoms with E-state index in [9.17, 15) is 4.79 Å². The molecule has 0 bridgehead atoms. The summed E-state index contributed by atoms with van der Waals surface area (Å²) in [5, 5.41) is 4.37. The van der Waals surface area contributed by atoms with Crippen LogP contribution in [0.25, 0.3) is 0 Å². The summed E-state index contributed by atoms with van der Waals surface area (Å²) < 4.78 is 10.5. The second kappa shape index (κ2) is 6.07. The molecule has 2 aromatic carbocycles. The molecule has 1 N–H and O–H groups in total. The molecule has 6 heteroatoms. The minimum absolute atomic E-state index is 0.153. The molecule has 2 aromatic rings. The third kappa shape index (κ3) is 3.04. The maximum absolute atomic E-state index is 11.9. The molecule has 0 saturated carbocycles. The van der Waals surface area contributed by atoms with E-state index in [0.717, 1.165) is 5.56 Å². The molecule has 0 atom stereocenters. The lowest BCUT2D eigenvalue weighted by molar-refractivity contribution is 0.0955. The first-order chi connectivity index (χ1) is 10.6. The fourth-order valence-corrected chi connectivity index (χ4v) is 2.27. The first-order valence-corrected chi connectivity index (χ1v) is 7.00. The van der Waals surface area contributed by atoms with Crippen LogP contribution >= 0.6 is 11.6 Å². The SMILES string of the molecule is Cc1ccc(C(=O)N/N=C\c2cc(Cl)c3c(c2)OCO3)cc1. The fourth-order valence-electron chi connectivity index (χ4n) is 2.00. The van der Waals surface area contributed by atoms with E-state index in [1.54, 1.807) is 24.3 Å². The van der Waals surface area contributed by atoms with Gasteiger partial charge in [-0.05, 0) is 36.8 Å². The molecule has 0 saturated heterocycles. The van der Waals surface area contributed by atoms with Gasteiger partial charge >= 0.3 is 0 Å². The minimum atomic E-state index is -0.275. The van der Waals surface area contributed by atoms with E-state index in [4.69, 9.17) is 21.1 Å². The highest BCUT2D eigenvalue weighted by Gasteiger charge is 2.17. The number of rotatable bonds is 3. The Bertz CT molecular complexity index is 742. The van der Waals surface area contributed by atoms with E-state index in [1.807, 2.05) is 19.1 Å². The largest absolute Gasteiger partial charge is 0.454 e. The van der Waals surface area contributed by atoms with Crippen molar-refractivity contribution in [1.82, 2.24) is 5.43 Å². The van der Waals surface area contributed by atoms with Crippen LogP contribution in [0.2, 0.25) is 5.02 Å². The molecular formula is C16H13ClN2O3. The molecule has 0 fully saturated rings. The Morgan fingerprint density at radius 2 is 2.05 bits per heavy atom.